The first-order valence-electron chi connectivity index (χ1n) is 6.82. The summed E-state index contributed by atoms with van der Waals surface area (Å²) in [4.78, 5) is 16.7. The molecule has 0 amide bonds. The Balaban J connectivity index is 1.66. The monoisotopic (exact) mass is 295 g/mol. The fourth-order valence-electron chi connectivity index (χ4n) is 2.55. The molecule has 104 valence electrons. The topological polar surface area (TPSA) is 39.8 Å². The molecule has 0 radical (unpaired) electrons. The maximum absolute atomic E-state index is 12.3. The number of fused-ring (bicyclic) bond motifs is 2. The SMILES string of the molecule is O=c1c2ccccc2sn1CCn1cnc2ccccc21. The molecule has 2 heterocycles. The second-order valence-corrected chi connectivity index (χ2v) is 5.98. The first kappa shape index (κ1) is 12.3. The molecule has 0 atom stereocenters. The Labute approximate surface area is 125 Å². The van der Waals surface area contributed by atoms with Crippen molar-refractivity contribution >= 4 is 32.7 Å². The van der Waals surface area contributed by atoms with Gasteiger partial charge in [0.15, 0.2) is 0 Å². The predicted molar refractivity (Wildman–Crippen MR) is 85.8 cm³/mol. The van der Waals surface area contributed by atoms with Gasteiger partial charge in [0.1, 0.15) is 0 Å². The zero-order valence-electron chi connectivity index (χ0n) is 11.3. The van der Waals surface area contributed by atoms with Crippen molar-refractivity contribution in [2.75, 3.05) is 0 Å². The van der Waals surface area contributed by atoms with Crippen LogP contribution in [0, 0.1) is 0 Å². The third-order valence-corrected chi connectivity index (χ3v) is 4.75. The molecule has 0 N–H and O–H groups in total. The van der Waals surface area contributed by atoms with Gasteiger partial charge in [-0.2, -0.15) is 0 Å². The Morgan fingerprint density at radius 1 is 1.00 bits per heavy atom. The van der Waals surface area contributed by atoms with E-state index in [1.807, 2.05) is 52.7 Å². The van der Waals surface area contributed by atoms with Gasteiger partial charge in [-0.25, -0.2) is 4.98 Å². The van der Waals surface area contributed by atoms with Crippen LogP contribution in [0.15, 0.2) is 59.7 Å². The lowest BCUT2D eigenvalue weighted by atomic mass is 10.3. The lowest BCUT2D eigenvalue weighted by Crippen LogP contribution is -2.16. The van der Waals surface area contributed by atoms with Crippen LogP contribution in [-0.2, 0) is 13.1 Å². The summed E-state index contributed by atoms with van der Waals surface area (Å²) in [6.07, 6.45) is 1.84. The highest BCUT2D eigenvalue weighted by atomic mass is 32.1. The zero-order valence-corrected chi connectivity index (χ0v) is 12.1. The molecule has 0 aliphatic rings. The summed E-state index contributed by atoms with van der Waals surface area (Å²) < 4.78 is 4.95. The summed E-state index contributed by atoms with van der Waals surface area (Å²) in [5, 5.41) is 0.804. The minimum Gasteiger partial charge on any atom is -0.329 e. The molecule has 0 spiro atoms. The predicted octanol–water partition coefficient (Wildman–Crippen LogP) is 3.11. The highest BCUT2D eigenvalue weighted by Crippen LogP contribution is 2.16. The Morgan fingerprint density at radius 2 is 1.81 bits per heavy atom. The van der Waals surface area contributed by atoms with Crippen molar-refractivity contribution in [1.82, 2.24) is 13.5 Å². The normalized spacial score (nSPS) is 11.4. The van der Waals surface area contributed by atoms with E-state index in [1.54, 1.807) is 0 Å². The standard InChI is InChI=1S/C16H13N3OS/c20-16-12-5-1-4-8-15(12)21-19(16)10-9-18-11-17-13-6-2-3-7-14(13)18/h1-8,11H,9-10H2. The summed E-state index contributed by atoms with van der Waals surface area (Å²) in [6.45, 7) is 1.41. The lowest BCUT2D eigenvalue weighted by molar-refractivity contribution is 0.611. The van der Waals surface area contributed by atoms with E-state index in [4.69, 9.17) is 0 Å². The summed E-state index contributed by atoms with van der Waals surface area (Å²) in [5.41, 5.74) is 2.19. The molecule has 0 bridgehead atoms. The van der Waals surface area contributed by atoms with Gasteiger partial charge in [0, 0.05) is 6.54 Å². The van der Waals surface area contributed by atoms with Crippen LogP contribution in [0.2, 0.25) is 0 Å². The van der Waals surface area contributed by atoms with Crippen LogP contribution in [0.3, 0.4) is 0 Å². The molecule has 2 aromatic heterocycles. The van der Waals surface area contributed by atoms with E-state index in [0.717, 1.165) is 27.7 Å². The Morgan fingerprint density at radius 3 is 2.71 bits per heavy atom. The maximum atomic E-state index is 12.3. The Hall–Kier alpha value is -2.40. The van der Waals surface area contributed by atoms with Gasteiger partial charge in [-0.05, 0) is 24.3 Å². The first-order chi connectivity index (χ1) is 10.3. The third kappa shape index (κ3) is 2.06. The molecule has 0 fully saturated rings. The number of aryl methyl sites for hydroxylation is 2. The van der Waals surface area contributed by atoms with Gasteiger partial charge in [0.2, 0.25) is 0 Å². The van der Waals surface area contributed by atoms with Gasteiger partial charge < -0.3 is 4.57 Å². The fourth-order valence-corrected chi connectivity index (χ4v) is 3.54. The van der Waals surface area contributed by atoms with E-state index in [2.05, 4.69) is 15.6 Å². The number of aromatic nitrogens is 3. The van der Waals surface area contributed by atoms with Crippen LogP contribution in [0.4, 0.5) is 0 Å². The van der Waals surface area contributed by atoms with Crippen LogP contribution in [0.5, 0.6) is 0 Å². The number of benzene rings is 2. The van der Waals surface area contributed by atoms with Gasteiger partial charge in [0.25, 0.3) is 5.56 Å². The van der Waals surface area contributed by atoms with Crippen molar-refractivity contribution in [3.8, 4) is 0 Å². The highest BCUT2D eigenvalue weighted by molar-refractivity contribution is 7.13. The van der Waals surface area contributed by atoms with Crippen LogP contribution < -0.4 is 5.56 Å². The van der Waals surface area contributed by atoms with Gasteiger partial charge in [0.05, 0.1) is 34.0 Å². The third-order valence-electron chi connectivity index (χ3n) is 3.62. The molecule has 0 aliphatic heterocycles. The lowest BCUT2D eigenvalue weighted by Gasteiger charge is -2.03. The molecule has 0 saturated heterocycles. The molecule has 5 heteroatoms. The Kier molecular flexibility index (Phi) is 2.86. The van der Waals surface area contributed by atoms with E-state index in [1.165, 1.54) is 11.5 Å². The number of para-hydroxylation sites is 2. The van der Waals surface area contributed by atoms with E-state index in [-0.39, 0.29) is 5.56 Å². The number of nitrogens with zero attached hydrogens (tertiary/aromatic N) is 3. The molecule has 4 aromatic rings. The summed E-state index contributed by atoms with van der Waals surface area (Å²) in [7, 11) is 0. The number of imidazole rings is 1. The zero-order chi connectivity index (χ0) is 14.2. The molecule has 0 saturated carbocycles. The fraction of sp³-hybridized carbons (Fsp3) is 0.125. The minimum atomic E-state index is 0.0972. The van der Waals surface area contributed by atoms with Crippen molar-refractivity contribution in [2.45, 2.75) is 13.1 Å². The highest BCUT2D eigenvalue weighted by Gasteiger charge is 2.07. The summed E-state index contributed by atoms with van der Waals surface area (Å²) in [5.74, 6) is 0. The smallest absolute Gasteiger partial charge is 0.268 e. The van der Waals surface area contributed by atoms with Gasteiger partial charge in [-0.1, -0.05) is 35.8 Å². The number of hydrogen-bond donors (Lipinski definition) is 0. The summed E-state index contributed by atoms with van der Waals surface area (Å²) >= 11 is 1.52. The molecule has 21 heavy (non-hydrogen) atoms. The number of hydrogen-bond acceptors (Lipinski definition) is 3. The molecule has 2 aromatic carbocycles. The minimum absolute atomic E-state index is 0.0972. The van der Waals surface area contributed by atoms with Gasteiger partial charge in [-0.3, -0.25) is 8.75 Å². The average Bonchev–Trinajstić information content (AvgIpc) is 3.07. The van der Waals surface area contributed by atoms with Crippen molar-refractivity contribution in [3.05, 3.63) is 65.2 Å². The molecule has 4 rings (SSSR count). The molecule has 0 aliphatic carbocycles. The quantitative estimate of drug-likeness (QED) is 0.582. The van der Waals surface area contributed by atoms with E-state index < -0.39 is 0 Å². The first-order valence-corrected chi connectivity index (χ1v) is 7.59. The van der Waals surface area contributed by atoms with E-state index >= 15 is 0 Å². The van der Waals surface area contributed by atoms with Crippen LogP contribution in [0.25, 0.3) is 21.1 Å². The van der Waals surface area contributed by atoms with Crippen molar-refractivity contribution in [2.24, 2.45) is 0 Å². The van der Waals surface area contributed by atoms with Crippen molar-refractivity contribution in [3.63, 3.8) is 0 Å². The second-order valence-electron chi connectivity index (χ2n) is 4.92. The molecular weight excluding hydrogens is 282 g/mol. The average molecular weight is 295 g/mol. The largest absolute Gasteiger partial charge is 0.329 e. The van der Waals surface area contributed by atoms with Gasteiger partial charge >= 0.3 is 0 Å². The van der Waals surface area contributed by atoms with Crippen LogP contribution in [0.1, 0.15) is 0 Å². The second kappa shape index (κ2) is 4.86. The van der Waals surface area contributed by atoms with Crippen molar-refractivity contribution < 1.29 is 0 Å². The van der Waals surface area contributed by atoms with Gasteiger partial charge in [-0.15, -0.1) is 0 Å². The van der Waals surface area contributed by atoms with Crippen LogP contribution in [-0.4, -0.2) is 13.5 Å². The summed E-state index contributed by atoms with van der Waals surface area (Å²) in [6, 6.07) is 15.8. The van der Waals surface area contributed by atoms with E-state index in [0.29, 0.717) is 6.54 Å². The number of rotatable bonds is 3. The maximum Gasteiger partial charge on any atom is 0.268 e. The van der Waals surface area contributed by atoms with Crippen molar-refractivity contribution in [1.29, 1.82) is 0 Å². The molecular formula is C16H13N3OS. The Bertz CT molecular complexity index is 980. The van der Waals surface area contributed by atoms with E-state index in [9.17, 15) is 4.79 Å². The molecule has 4 nitrogen and oxygen atoms in total. The molecule has 0 unspecified atom stereocenters. The van der Waals surface area contributed by atoms with Crippen LogP contribution >= 0.6 is 11.5 Å².